The largest absolute Gasteiger partial charge is 0.489 e. The summed E-state index contributed by atoms with van der Waals surface area (Å²) in [7, 11) is 0. The Hall–Kier alpha value is -3.54. The maximum absolute atomic E-state index is 14.1. The smallest absolute Gasteiger partial charge is 0.297 e. The zero-order valence-electron chi connectivity index (χ0n) is 27.4. The highest BCUT2D eigenvalue weighted by molar-refractivity contribution is 6.03. The van der Waals surface area contributed by atoms with Crippen molar-refractivity contribution in [2.24, 2.45) is 0 Å². The number of carbonyl (C=O) groups is 1. The molecule has 6 heteroatoms. The van der Waals surface area contributed by atoms with Crippen molar-refractivity contribution < 1.29 is 14.3 Å². The highest BCUT2D eigenvalue weighted by Gasteiger charge is 2.20. The minimum Gasteiger partial charge on any atom is -0.489 e. The summed E-state index contributed by atoms with van der Waals surface area (Å²) >= 11 is 0. The van der Waals surface area contributed by atoms with Gasteiger partial charge in [0.15, 0.2) is 5.75 Å². The number of hydrogen-bond acceptors (Lipinski definition) is 4. The molecule has 6 nitrogen and oxygen atoms in total. The van der Waals surface area contributed by atoms with Crippen molar-refractivity contribution in [2.75, 3.05) is 18.5 Å². The SMILES string of the molecule is CCCCCCCCOc1c(OCCCCCC)c2ccc(NC(=O)/C=C/c3ccccc3)cc2n(CCCCCC)c1=O. The molecule has 1 aromatic heterocycles. The third-order valence-corrected chi connectivity index (χ3v) is 7.90. The minimum absolute atomic E-state index is 0.156. The number of fused-ring (bicyclic) bond motifs is 1. The van der Waals surface area contributed by atoms with Gasteiger partial charge in [-0.05, 0) is 49.1 Å². The molecule has 240 valence electrons. The first kappa shape index (κ1) is 34.9. The molecule has 2 aromatic carbocycles. The van der Waals surface area contributed by atoms with Crippen LogP contribution in [0.25, 0.3) is 17.0 Å². The van der Waals surface area contributed by atoms with E-state index in [1.807, 2.05) is 53.1 Å². The number of pyridine rings is 1. The average Bonchev–Trinajstić information content (AvgIpc) is 3.04. The Morgan fingerprint density at radius 2 is 1.32 bits per heavy atom. The number of nitrogens with one attached hydrogen (secondary N) is 1. The summed E-state index contributed by atoms with van der Waals surface area (Å²) in [5.74, 6) is 0.620. The molecule has 3 rings (SSSR count). The second-order valence-electron chi connectivity index (χ2n) is 11.7. The zero-order chi connectivity index (χ0) is 31.4. The summed E-state index contributed by atoms with van der Waals surface area (Å²) in [6.45, 7) is 8.22. The van der Waals surface area contributed by atoms with Crippen molar-refractivity contribution in [1.29, 1.82) is 0 Å². The quantitative estimate of drug-likeness (QED) is 0.0918. The van der Waals surface area contributed by atoms with Crippen LogP contribution in [0.1, 0.15) is 116 Å². The molecule has 0 unspecified atom stereocenters. The van der Waals surface area contributed by atoms with Crippen LogP contribution >= 0.6 is 0 Å². The monoisotopic (exact) mass is 602 g/mol. The van der Waals surface area contributed by atoms with Crippen LogP contribution in [0.5, 0.6) is 11.5 Å². The van der Waals surface area contributed by atoms with Crippen molar-refractivity contribution >= 4 is 28.6 Å². The Labute approximate surface area is 264 Å². The van der Waals surface area contributed by atoms with E-state index in [9.17, 15) is 9.59 Å². The van der Waals surface area contributed by atoms with E-state index >= 15 is 0 Å². The maximum Gasteiger partial charge on any atom is 0.297 e. The fraction of sp³-hybridized carbons (Fsp3) is 0.526. The van der Waals surface area contributed by atoms with Gasteiger partial charge in [-0.1, -0.05) is 122 Å². The molecule has 44 heavy (non-hydrogen) atoms. The Bertz CT molecular complexity index is 1350. The molecule has 3 aromatic rings. The third kappa shape index (κ3) is 11.5. The van der Waals surface area contributed by atoms with E-state index in [0.717, 1.165) is 80.7 Å². The lowest BCUT2D eigenvalue weighted by Crippen LogP contribution is -2.24. The van der Waals surface area contributed by atoms with Gasteiger partial charge in [-0.2, -0.15) is 0 Å². The van der Waals surface area contributed by atoms with Gasteiger partial charge in [-0.3, -0.25) is 9.59 Å². The van der Waals surface area contributed by atoms with Crippen LogP contribution < -0.4 is 20.3 Å². The average molecular weight is 603 g/mol. The number of nitrogens with zero attached hydrogens (tertiary/aromatic N) is 1. The van der Waals surface area contributed by atoms with E-state index in [0.29, 0.717) is 36.9 Å². The number of amides is 1. The Balaban J connectivity index is 1.92. The van der Waals surface area contributed by atoms with Gasteiger partial charge in [0.1, 0.15) is 0 Å². The van der Waals surface area contributed by atoms with E-state index in [2.05, 4.69) is 26.1 Å². The highest BCUT2D eigenvalue weighted by Crippen LogP contribution is 2.35. The normalized spacial score (nSPS) is 11.3. The molecule has 0 bridgehead atoms. The molecule has 0 saturated heterocycles. The predicted octanol–water partition coefficient (Wildman–Crippen LogP) is 9.93. The second-order valence-corrected chi connectivity index (χ2v) is 11.7. The summed E-state index contributed by atoms with van der Waals surface area (Å²) < 4.78 is 14.4. The van der Waals surface area contributed by atoms with Crippen LogP contribution in [-0.2, 0) is 11.3 Å². The lowest BCUT2D eigenvalue weighted by Gasteiger charge is -2.19. The molecular weight excluding hydrogens is 548 g/mol. The van der Waals surface area contributed by atoms with Gasteiger partial charge >= 0.3 is 0 Å². The van der Waals surface area contributed by atoms with Crippen LogP contribution in [0.4, 0.5) is 5.69 Å². The molecule has 1 N–H and O–H groups in total. The van der Waals surface area contributed by atoms with Crippen molar-refractivity contribution in [3.8, 4) is 11.5 Å². The van der Waals surface area contributed by atoms with Crippen molar-refractivity contribution in [3.05, 3.63) is 70.5 Å². The van der Waals surface area contributed by atoms with Crippen LogP contribution in [0, 0.1) is 0 Å². The summed E-state index contributed by atoms with van der Waals surface area (Å²) in [6.07, 6.45) is 18.8. The van der Waals surface area contributed by atoms with Crippen LogP contribution in [-0.4, -0.2) is 23.7 Å². The molecule has 0 aliphatic rings. The minimum atomic E-state index is -0.226. The van der Waals surface area contributed by atoms with E-state index in [1.165, 1.54) is 31.8 Å². The maximum atomic E-state index is 14.1. The molecule has 0 atom stereocenters. The van der Waals surface area contributed by atoms with Gasteiger partial charge in [-0.25, -0.2) is 0 Å². The molecule has 0 fully saturated rings. The number of hydrogen-bond donors (Lipinski definition) is 1. The molecule has 0 aliphatic heterocycles. The number of aromatic nitrogens is 1. The molecule has 0 saturated carbocycles. The van der Waals surface area contributed by atoms with E-state index in [4.69, 9.17) is 9.47 Å². The number of rotatable bonds is 22. The van der Waals surface area contributed by atoms with Crippen molar-refractivity contribution in [3.63, 3.8) is 0 Å². The molecular formula is C38H54N2O4. The fourth-order valence-electron chi connectivity index (χ4n) is 5.35. The summed E-state index contributed by atoms with van der Waals surface area (Å²) in [6, 6.07) is 15.5. The highest BCUT2D eigenvalue weighted by atomic mass is 16.5. The molecule has 1 heterocycles. The number of carbonyl (C=O) groups excluding carboxylic acids is 1. The van der Waals surface area contributed by atoms with Crippen LogP contribution in [0.2, 0.25) is 0 Å². The first-order valence-corrected chi connectivity index (χ1v) is 17.1. The molecule has 0 radical (unpaired) electrons. The van der Waals surface area contributed by atoms with E-state index in [1.54, 1.807) is 6.08 Å². The topological polar surface area (TPSA) is 69.6 Å². The third-order valence-electron chi connectivity index (χ3n) is 7.90. The predicted molar refractivity (Wildman–Crippen MR) is 185 cm³/mol. The van der Waals surface area contributed by atoms with Crippen molar-refractivity contribution in [1.82, 2.24) is 4.57 Å². The van der Waals surface area contributed by atoms with Crippen molar-refractivity contribution in [2.45, 2.75) is 117 Å². The first-order valence-electron chi connectivity index (χ1n) is 17.1. The van der Waals surface area contributed by atoms with Crippen LogP contribution in [0.15, 0.2) is 59.4 Å². The van der Waals surface area contributed by atoms with Gasteiger partial charge in [0, 0.05) is 23.7 Å². The lowest BCUT2D eigenvalue weighted by atomic mass is 10.1. The zero-order valence-corrected chi connectivity index (χ0v) is 27.4. The number of unbranched alkanes of at least 4 members (excludes halogenated alkanes) is 11. The van der Waals surface area contributed by atoms with Gasteiger partial charge in [0.2, 0.25) is 11.7 Å². The van der Waals surface area contributed by atoms with Gasteiger partial charge < -0.3 is 19.4 Å². The Kier molecular flexibility index (Phi) is 16.2. The Morgan fingerprint density at radius 1 is 0.727 bits per heavy atom. The summed E-state index contributed by atoms with van der Waals surface area (Å²) in [5, 5.41) is 3.82. The van der Waals surface area contributed by atoms with E-state index in [-0.39, 0.29) is 11.5 Å². The molecule has 0 spiro atoms. The number of benzene rings is 2. The van der Waals surface area contributed by atoms with Gasteiger partial charge in [-0.15, -0.1) is 0 Å². The van der Waals surface area contributed by atoms with Crippen LogP contribution in [0.3, 0.4) is 0 Å². The fourth-order valence-corrected chi connectivity index (χ4v) is 5.35. The Morgan fingerprint density at radius 3 is 2.00 bits per heavy atom. The molecule has 1 amide bonds. The summed E-state index contributed by atoms with van der Waals surface area (Å²) in [4.78, 5) is 26.8. The number of anilines is 1. The molecule has 0 aliphatic carbocycles. The standard InChI is InChI=1S/C38H54N2O4/c1-4-7-10-13-14-20-29-44-37-36(43-28-19-12-9-6-3)33-25-24-32(39-35(41)26-23-31-21-16-15-17-22-31)30-34(33)40(38(37)42)27-18-11-8-5-2/h15-17,21-26,30H,4-14,18-20,27-29H2,1-3H3,(H,39,41)/b26-23+. The second kappa shape index (κ2) is 20.4. The first-order chi connectivity index (χ1) is 21.6. The number of aryl methyl sites for hydroxylation is 1. The lowest BCUT2D eigenvalue weighted by molar-refractivity contribution is -0.111. The van der Waals surface area contributed by atoms with Gasteiger partial charge in [0.25, 0.3) is 5.56 Å². The van der Waals surface area contributed by atoms with Gasteiger partial charge in [0.05, 0.1) is 18.7 Å². The number of ether oxygens (including phenoxy) is 2. The summed E-state index contributed by atoms with van der Waals surface area (Å²) in [5.41, 5.74) is 2.19. The van der Waals surface area contributed by atoms with E-state index < -0.39 is 0 Å².